The van der Waals surface area contributed by atoms with Crippen LogP contribution in [0, 0.1) is 5.21 Å². The van der Waals surface area contributed by atoms with Gasteiger partial charge < -0.3 is 33.9 Å². The number of esters is 1. The van der Waals surface area contributed by atoms with E-state index in [9.17, 15) is 15.1 Å². The highest BCUT2D eigenvalue weighted by Crippen LogP contribution is 2.53. The maximum Gasteiger partial charge on any atom is 0.303 e. The van der Waals surface area contributed by atoms with E-state index in [0.29, 0.717) is 11.5 Å². The van der Waals surface area contributed by atoms with Crippen molar-refractivity contribution in [2.75, 3.05) is 27.9 Å². The summed E-state index contributed by atoms with van der Waals surface area (Å²) in [7, 11) is 4.57. The van der Waals surface area contributed by atoms with Crippen molar-refractivity contribution in [1.29, 1.82) is 0 Å². The van der Waals surface area contributed by atoms with Crippen LogP contribution in [0.25, 0.3) is 0 Å². The molecule has 4 rings (SSSR count). The number of fused-ring (bicyclic) bond motifs is 2. The zero-order valence-corrected chi connectivity index (χ0v) is 16.4. The van der Waals surface area contributed by atoms with Gasteiger partial charge in [0.05, 0.1) is 32.8 Å². The predicted octanol–water partition coefficient (Wildman–Crippen LogP) is 1.25. The van der Waals surface area contributed by atoms with E-state index in [-0.39, 0.29) is 13.1 Å². The first kappa shape index (κ1) is 19.2. The van der Waals surface area contributed by atoms with Crippen LogP contribution in [0.3, 0.4) is 0 Å². The first-order valence-corrected chi connectivity index (χ1v) is 9.25. The van der Waals surface area contributed by atoms with Crippen molar-refractivity contribution in [3.05, 3.63) is 40.1 Å². The first-order chi connectivity index (χ1) is 13.3. The van der Waals surface area contributed by atoms with Gasteiger partial charge in [-0.2, -0.15) is 0 Å². The quantitative estimate of drug-likeness (QED) is 0.357. The number of aliphatic hydroxyl groups is 1. The third kappa shape index (κ3) is 2.63. The molecule has 3 aliphatic rings. The average Bonchev–Trinajstić information content (AvgIpc) is 3.00. The van der Waals surface area contributed by atoms with Gasteiger partial charge >= 0.3 is 5.97 Å². The molecule has 1 unspecified atom stereocenters. The van der Waals surface area contributed by atoms with Crippen molar-refractivity contribution in [3.63, 3.8) is 0 Å². The lowest BCUT2D eigenvalue weighted by Gasteiger charge is -2.56. The van der Waals surface area contributed by atoms with Crippen LogP contribution in [-0.4, -0.2) is 68.0 Å². The molecule has 6 atom stereocenters. The Kier molecular flexibility index (Phi) is 4.62. The van der Waals surface area contributed by atoms with Gasteiger partial charge in [-0.25, -0.2) is 0 Å². The van der Waals surface area contributed by atoms with E-state index in [1.807, 2.05) is 18.2 Å². The second-order valence-electron chi connectivity index (χ2n) is 7.59. The van der Waals surface area contributed by atoms with Crippen molar-refractivity contribution in [1.82, 2.24) is 0 Å². The Morgan fingerprint density at radius 3 is 2.50 bits per heavy atom. The van der Waals surface area contributed by atoms with E-state index in [2.05, 4.69) is 0 Å². The molecular weight excluding hydrogens is 366 g/mol. The summed E-state index contributed by atoms with van der Waals surface area (Å²) in [6, 6.07) is 3.12. The molecule has 0 radical (unpaired) electrons. The minimum atomic E-state index is -1.02. The number of hydrogen-bond acceptors (Lipinski definition) is 7. The van der Waals surface area contributed by atoms with Gasteiger partial charge in [0.15, 0.2) is 17.6 Å². The summed E-state index contributed by atoms with van der Waals surface area (Å²) < 4.78 is 21.3. The molecule has 1 aliphatic carbocycles. The van der Waals surface area contributed by atoms with Gasteiger partial charge in [-0.15, -0.1) is 0 Å². The van der Waals surface area contributed by atoms with Crippen LogP contribution in [-0.2, 0) is 20.8 Å². The van der Waals surface area contributed by atoms with Crippen LogP contribution < -0.4 is 9.47 Å². The summed E-state index contributed by atoms with van der Waals surface area (Å²) in [5.41, 5.74) is 2.40. The number of hydroxylamine groups is 3. The highest BCUT2D eigenvalue weighted by Gasteiger charge is 2.60. The molecule has 1 saturated carbocycles. The van der Waals surface area contributed by atoms with Gasteiger partial charge in [0, 0.05) is 25.2 Å². The van der Waals surface area contributed by atoms with Gasteiger partial charge in [0.25, 0.3) is 0 Å². The van der Waals surface area contributed by atoms with Crippen molar-refractivity contribution < 1.29 is 33.5 Å². The number of rotatable bonds is 4. The van der Waals surface area contributed by atoms with Crippen LogP contribution in [0.2, 0.25) is 0 Å². The fraction of sp³-hybridized carbons (Fsp3) is 0.550. The summed E-state index contributed by atoms with van der Waals surface area (Å²) >= 11 is 0. The van der Waals surface area contributed by atoms with E-state index in [0.717, 1.165) is 16.7 Å². The first-order valence-electron chi connectivity index (χ1n) is 9.25. The smallest absolute Gasteiger partial charge is 0.303 e. The summed E-state index contributed by atoms with van der Waals surface area (Å²) in [6.07, 6.45) is -0.703. The maximum absolute atomic E-state index is 13.7. The molecule has 1 fully saturated rings. The Balaban J connectivity index is 1.86. The molecule has 0 spiro atoms. The van der Waals surface area contributed by atoms with Gasteiger partial charge in [-0.1, -0.05) is 0 Å². The van der Waals surface area contributed by atoms with Crippen molar-refractivity contribution in [2.24, 2.45) is 0 Å². The van der Waals surface area contributed by atoms with Crippen LogP contribution in [0.5, 0.6) is 11.5 Å². The average molecular weight is 391 g/mol. The molecule has 152 valence electrons. The highest BCUT2D eigenvalue weighted by molar-refractivity contribution is 5.67. The molecule has 28 heavy (non-hydrogen) atoms. The normalized spacial score (nSPS) is 35.5. The molecule has 0 amide bonds. The number of nitrogens with zero attached hydrogens (tertiary/aromatic N) is 1. The van der Waals surface area contributed by atoms with Crippen molar-refractivity contribution >= 4 is 5.97 Å². The molecule has 0 saturated heterocycles. The Bertz CT molecular complexity index is 838. The third-order valence-electron chi connectivity index (χ3n) is 6.16. The number of carbonyl (C=O) groups is 1. The number of carbonyl (C=O) groups excluding carboxylic acids is 1. The third-order valence-corrected chi connectivity index (χ3v) is 6.16. The standard InChI is InChI=1S/C20H25NO7/c1-10(22)28-19-12-5-6-21(24)9-11-7-14(25-2)15(26-3)8-13(11)16(17(12)21)18(23)20(19)27-4/h5,7-8,16-20,23H,6,9H2,1-4H3/t16-,17+,18-,19+,20+,21?/m0/s1. The van der Waals surface area contributed by atoms with Gasteiger partial charge in [-0.3, -0.25) is 4.79 Å². The lowest BCUT2D eigenvalue weighted by Crippen LogP contribution is -2.63. The molecule has 0 aromatic heterocycles. The summed E-state index contributed by atoms with van der Waals surface area (Å²) in [5, 5.41) is 24.9. The van der Waals surface area contributed by atoms with Gasteiger partial charge in [0.1, 0.15) is 18.7 Å². The highest BCUT2D eigenvalue weighted by atomic mass is 16.6. The molecular formula is C20H25NO7. The molecule has 8 heteroatoms. The molecule has 1 aromatic carbocycles. The number of aliphatic hydroxyl groups excluding tert-OH is 1. The van der Waals surface area contributed by atoms with E-state index in [1.54, 1.807) is 14.2 Å². The lowest BCUT2D eigenvalue weighted by atomic mass is 9.69. The molecule has 1 aromatic rings. The zero-order chi connectivity index (χ0) is 20.2. The summed E-state index contributed by atoms with van der Waals surface area (Å²) in [4.78, 5) is 11.6. The Hall–Kier alpha value is -2.13. The van der Waals surface area contributed by atoms with Crippen LogP contribution >= 0.6 is 0 Å². The van der Waals surface area contributed by atoms with Gasteiger partial charge in [0.2, 0.25) is 0 Å². The van der Waals surface area contributed by atoms with Crippen LogP contribution in [0.1, 0.15) is 24.0 Å². The monoisotopic (exact) mass is 391 g/mol. The number of methoxy groups -OCH3 is 3. The van der Waals surface area contributed by atoms with Crippen LogP contribution in [0.4, 0.5) is 0 Å². The maximum atomic E-state index is 13.7. The predicted molar refractivity (Wildman–Crippen MR) is 98.7 cm³/mol. The second-order valence-corrected chi connectivity index (χ2v) is 7.59. The second kappa shape index (κ2) is 6.73. The topological polar surface area (TPSA) is 97.3 Å². The fourth-order valence-electron chi connectivity index (χ4n) is 5.08. The molecule has 1 N–H and O–H groups in total. The fourth-order valence-corrected chi connectivity index (χ4v) is 5.08. The van der Waals surface area contributed by atoms with Crippen molar-refractivity contribution in [2.45, 2.75) is 43.7 Å². The molecule has 8 nitrogen and oxygen atoms in total. The number of hydrogen-bond donors (Lipinski definition) is 1. The number of ether oxygens (including phenoxy) is 4. The molecule has 2 heterocycles. The minimum absolute atomic E-state index is 0.244. The summed E-state index contributed by atoms with van der Waals surface area (Å²) in [5.74, 6) is 0.118. The molecule has 2 aliphatic heterocycles. The Labute approximate surface area is 163 Å². The minimum Gasteiger partial charge on any atom is -0.632 e. The lowest BCUT2D eigenvalue weighted by molar-refractivity contribution is -0.907. The zero-order valence-electron chi connectivity index (χ0n) is 16.4. The largest absolute Gasteiger partial charge is 0.632 e. The van der Waals surface area contributed by atoms with Crippen molar-refractivity contribution in [3.8, 4) is 11.5 Å². The van der Waals surface area contributed by atoms with E-state index < -0.39 is 40.9 Å². The van der Waals surface area contributed by atoms with Gasteiger partial charge in [-0.05, 0) is 23.8 Å². The van der Waals surface area contributed by atoms with E-state index in [1.165, 1.54) is 14.0 Å². The van der Waals surface area contributed by atoms with E-state index >= 15 is 0 Å². The summed E-state index contributed by atoms with van der Waals surface area (Å²) in [6.45, 7) is 1.81. The number of benzene rings is 1. The molecule has 0 bridgehead atoms. The number of quaternary nitrogens is 1. The van der Waals surface area contributed by atoms with Crippen LogP contribution in [0.15, 0.2) is 23.8 Å². The van der Waals surface area contributed by atoms with E-state index in [4.69, 9.17) is 18.9 Å². The SMILES string of the molecule is COc1cc2c(cc1OC)[C@@H]1[C@H](O)[C@@H](OC)[C@H](OC(C)=O)C3=CC[N+]([O-])(C2)[C@H]31. The Morgan fingerprint density at radius 1 is 1.21 bits per heavy atom. The Morgan fingerprint density at radius 2 is 1.89 bits per heavy atom.